The van der Waals surface area contributed by atoms with E-state index in [2.05, 4.69) is 0 Å². The van der Waals surface area contributed by atoms with Gasteiger partial charge in [0.2, 0.25) is 15.9 Å². The number of carboxylic acids is 1. The fraction of sp³-hybridized carbons (Fsp3) is 0.364. The molecular formula is C22H22N2O6S. The summed E-state index contributed by atoms with van der Waals surface area (Å²) >= 11 is 0. The first-order chi connectivity index (χ1) is 14.6. The zero-order valence-electron chi connectivity index (χ0n) is 17.0. The van der Waals surface area contributed by atoms with Crippen molar-refractivity contribution < 1.29 is 28.2 Å². The Morgan fingerprint density at radius 3 is 2.55 bits per heavy atom. The average molecular weight is 442 g/mol. The summed E-state index contributed by atoms with van der Waals surface area (Å²) in [6.07, 6.45) is -0.912. The minimum absolute atomic E-state index is 0.147. The van der Waals surface area contributed by atoms with E-state index in [0.29, 0.717) is 16.8 Å². The van der Waals surface area contributed by atoms with E-state index >= 15 is 0 Å². The van der Waals surface area contributed by atoms with Crippen LogP contribution in [0.1, 0.15) is 19.4 Å². The summed E-state index contributed by atoms with van der Waals surface area (Å²) in [5.74, 6) is -2.96. The lowest BCUT2D eigenvalue weighted by Crippen LogP contribution is -2.63. The summed E-state index contributed by atoms with van der Waals surface area (Å²) in [4.78, 5) is 25.9. The maximum atomic E-state index is 13.2. The number of anilines is 1. The Balaban J connectivity index is 1.63. The molecule has 162 valence electrons. The van der Waals surface area contributed by atoms with Gasteiger partial charge in [-0.1, -0.05) is 37.3 Å². The second-order valence-electron chi connectivity index (χ2n) is 8.49. The molecule has 4 unspecified atom stereocenters. The Hall–Kier alpha value is -2.91. The summed E-state index contributed by atoms with van der Waals surface area (Å²) in [5.41, 5.74) is 1.44. The van der Waals surface area contributed by atoms with Gasteiger partial charge in [0.1, 0.15) is 5.70 Å². The second-order valence-corrected chi connectivity index (χ2v) is 10.4. The van der Waals surface area contributed by atoms with Crippen molar-refractivity contribution in [1.82, 2.24) is 4.90 Å². The van der Waals surface area contributed by atoms with Gasteiger partial charge in [-0.05, 0) is 29.5 Å². The average Bonchev–Trinajstić information content (AvgIpc) is 2.93. The third-order valence-electron chi connectivity index (χ3n) is 6.74. The number of aliphatic hydroxyl groups is 1. The third-order valence-corrected chi connectivity index (χ3v) is 8.42. The van der Waals surface area contributed by atoms with Crippen LogP contribution in [0.3, 0.4) is 0 Å². The maximum Gasteiger partial charge on any atom is 0.352 e. The molecule has 1 fully saturated rings. The minimum atomic E-state index is -3.75. The van der Waals surface area contributed by atoms with Crippen molar-refractivity contribution in [3.8, 4) is 0 Å². The molecule has 2 aromatic carbocycles. The highest BCUT2D eigenvalue weighted by molar-refractivity contribution is 7.92. The van der Waals surface area contributed by atoms with E-state index in [0.717, 1.165) is 10.8 Å². The predicted octanol–water partition coefficient (Wildman–Crippen LogP) is 1.69. The van der Waals surface area contributed by atoms with Crippen LogP contribution in [0.5, 0.6) is 0 Å². The van der Waals surface area contributed by atoms with Crippen LogP contribution in [0.25, 0.3) is 10.8 Å². The molecule has 0 saturated carbocycles. The van der Waals surface area contributed by atoms with Crippen LogP contribution in [-0.4, -0.2) is 54.1 Å². The summed E-state index contributed by atoms with van der Waals surface area (Å²) in [5, 5.41) is 21.6. The molecule has 1 amide bonds. The van der Waals surface area contributed by atoms with E-state index in [1.165, 1.54) is 16.1 Å². The van der Waals surface area contributed by atoms with Crippen LogP contribution < -0.4 is 4.31 Å². The van der Waals surface area contributed by atoms with Crippen LogP contribution >= 0.6 is 0 Å². The van der Waals surface area contributed by atoms with Crippen molar-refractivity contribution in [2.24, 2.45) is 11.8 Å². The van der Waals surface area contributed by atoms with Crippen molar-refractivity contribution >= 4 is 38.4 Å². The van der Waals surface area contributed by atoms with Gasteiger partial charge in [0, 0.05) is 11.3 Å². The first kappa shape index (κ1) is 20.0. The van der Waals surface area contributed by atoms with E-state index in [9.17, 15) is 28.2 Å². The Bertz CT molecular complexity index is 1280. The third kappa shape index (κ3) is 2.66. The number of carbonyl (C=O) groups is 2. The fourth-order valence-corrected chi connectivity index (χ4v) is 6.92. The molecule has 0 aromatic heterocycles. The molecule has 0 spiro atoms. The van der Waals surface area contributed by atoms with E-state index in [1.54, 1.807) is 25.1 Å². The number of nitrogens with zero attached hydrogens (tertiary/aromatic N) is 2. The molecule has 0 bridgehead atoms. The van der Waals surface area contributed by atoms with Gasteiger partial charge >= 0.3 is 5.97 Å². The molecule has 3 heterocycles. The number of β-lactam (4-membered cyclic amide) rings is 1. The number of hydrogen-bond acceptors (Lipinski definition) is 5. The lowest BCUT2D eigenvalue weighted by atomic mass is 9.77. The number of hydrogen-bond donors (Lipinski definition) is 2. The number of benzene rings is 2. The molecule has 3 aliphatic rings. The first-order valence-corrected chi connectivity index (χ1v) is 11.7. The predicted molar refractivity (Wildman–Crippen MR) is 114 cm³/mol. The molecule has 0 radical (unpaired) electrons. The monoisotopic (exact) mass is 442 g/mol. The highest BCUT2D eigenvalue weighted by atomic mass is 32.2. The topological polar surface area (TPSA) is 115 Å². The summed E-state index contributed by atoms with van der Waals surface area (Å²) in [7, 11) is -3.75. The van der Waals surface area contributed by atoms with Gasteiger partial charge in [0.25, 0.3) is 0 Å². The number of rotatable bonds is 4. The lowest BCUT2D eigenvalue weighted by molar-refractivity contribution is -0.163. The van der Waals surface area contributed by atoms with Gasteiger partial charge in [0.15, 0.2) is 0 Å². The Kier molecular flexibility index (Phi) is 4.22. The largest absolute Gasteiger partial charge is 0.477 e. The zero-order chi connectivity index (χ0) is 22.2. The fourth-order valence-electron chi connectivity index (χ4n) is 5.34. The number of carbonyl (C=O) groups excluding carboxylic acids is 1. The molecule has 4 atom stereocenters. The molecule has 0 aliphatic carbocycles. The smallest absolute Gasteiger partial charge is 0.352 e. The molecule has 3 aliphatic heterocycles. The zero-order valence-corrected chi connectivity index (χ0v) is 17.8. The normalized spacial score (nSPS) is 27.3. The van der Waals surface area contributed by atoms with Crippen LogP contribution in [0.4, 0.5) is 5.69 Å². The second kappa shape index (κ2) is 6.54. The summed E-state index contributed by atoms with van der Waals surface area (Å²) < 4.78 is 27.7. The Morgan fingerprint density at radius 1 is 1.23 bits per heavy atom. The molecule has 5 rings (SSSR count). The molecule has 2 aromatic rings. The van der Waals surface area contributed by atoms with Gasteiger partial charge in [-0.2, -0.15) is 0 Å². The van der Waals surface area contributed by atoms with Crippen molar-refractivity contribution in [3.05, 3.63) is 53.2 Å². The SMILES string of the molecule is CC(O)C1C(=O)N2C(C(=O)O)=C(CN3c4cccc5cccc(c45)CS3(=O)=O)C(C)C12. The number of aliphatic hydroxyl groups excluding tert-OH is 1. The first-order valence-electron chi connectivity index (χ1n) is 10.1. The van der Waals surface area contributed by atoms with E-state index in [1.807, 2.05) is 18.2 Å². The van der Waals surface area contributed by atoms with Crippen LogP contribution in [-0.2, 0) is 25.4 Å². The number of sulfonamides is 1. The van der Waals surface area contributed by atoms with Gasteiger partial charge in [0.05, 0.1) is 36.0 Å². The van der Waals surface area contributed by atoms with E-state index < -0.39 is 45.9 Å². The summed E-state index contributed by atoms with van der Waals surface area (Å²) in [6, 6.07) is 10.5. The van der Waals surface area contributed by atoms with Crippen LogP contribution in [0.15, 0.2) is 47.7 Å². The van der Waals surface area contributed by atoms with Crippen LogP contribution in [0.2, 0.25) is 0 Å². The minimum Gasteiger partial charge on any atom is -0.477 e. The van der Waals surface area contributed by atoms with E-state index in [-0.39, 0.29) is 18.0 Å². The molecular weight excluding hydrogens is 420 g/mol. The molecule has 8 nitrogen and oxygen atoms in total. The Morgan fingerprint density at radius 2 is 1.90 bits per heavy atom. The molecule has 1 saturated heterocycles. The van der Waals surface area contributed by atoms with Crippen molar-refractivity contribution in [2.45, 2.75) is 31.7 Å². The number of carboxylic acid groups (broad SMARTS) is 1. The lowest BCUT2D eigenvalue weighted by Gasteiger charge is -2.46. The highest BCUT2D eigenvalue weighted by Crippen LogP contribution is 2.48. The van der Waals surface area contributed by atoms with Crippen LogP contribution in [0, 0.1) is 11.8 Å². The van der Waals surface area contributed by atoms with Gasteiger partial charge in [-0.25, -0.2) is 13.2 Å². The van der Waals surface area contributed by atoms with Gasteiger partial charge in [-0.3, -0.25) is 9.10 Å². The van der Waals surface area contributed by atoms with Crippen molar-refractivity contribution in [3.63, 3.8) is 0 Å². The van der Waals surface area contributed by atoms with Crippen molar-refractivity contribution in [2.75, 3.05) is 10.8 Å². The Labute approximate surface area is 179 Å². The molecule has 2 N–H and O–H groups in total. The van der Waals surface area contributed by atoms with Gasteiger partial charge < -0.3 is 15.1 Å². The molecule has 31 heavy (non-hydrogen) atoms. The summed E-state index contributed by atoms with van der Waals surface area (Å²) in [6.45, 7) is 3.15. The number of amides is 1. The number of fused-ring (bicyclic) bond motifs is 1. The molecule has 9 heteroatoms. The quantitative estimate of drug-likeness (QED) is 0.697. The van der Waals surface area contributed by atoms with Crippen molar-refractivity contribution in [1.29, 1.82) is 0 Å². The maximum absolute atomic E-state index is 13.2. The number of aliphatic carboxylic acids is 1. The van der Waals surface area contributed by atoms with E-state index in [4.69, 9.17) is 0 Å². The standard InChI is InChI=1S/C22H22N2O6S/c1-11-15(20(22(27)28)24-19(11)17(12(2)25)21(24)26)9-23-16-8-4-6-13-5-3-7-14(18(13)16)10-31(23,29)30/h3-8,11-12,17,19,25H,9-10H2,1-2H3,(H,27,28). The highest BCUT2D eigenvalue weighted by Gasteiger charge is 2.60. The van der Waals surface area contributed by atoms with Gasteiger partial charge in [-0.15, -0.1) is 0 Å².